The Bertz CT molecular complexity index is 334. The average molecular weight is 267 g/mol. The van der Waals surface area contributed by atoms with Gasteiger partial charge in [0, 0.05) is 6.04 Å². The van der Waals surface area contributed by atoms with Gasteiger partial charge in [0.2, 0.25) is 5.91 Å². The van der Waals surface area contributed by atoms with Gasteiger partial charge in [0.15, 0.2) is 0 Å². The van der Waals surface area contributed by atoms with Crippen LogP contribution in [0.5, 0.6) is 0 Å². The van der Waals surface area contributed by atoms with Gasteiger partial charge in [0.25, 0.3) is 0 Å². The van der Waals surface area contributed by atoms with Crippen LogP contribution in [0.3, 0.4) is 0 Å². The first kappa shape index (κ1) is 14.4. The molecule has 0 aromatic rings. The molecule has 4 nitrogen and oxygen atoms in total. The molecule has 2 aliphatic carbocycles. The van der Waals surface area contributed by atoms with E-state index in [-0.39, 0.29) is 17.9 Å². The molecular formula is C15H25NO3. The maximum atomic E-state index is 12.2. The predicted molar refractivity (Wildman–Crippen MR) is 72.6 cm³/mol. The van der Waals surface area contributed by atoms with Crippen molar-refractivity contribution in [1.29, 1.82) is 0 Å². The van der Waals surface area contributed by atoms with Crippen LogP contribution in [0.25, 0.3) is 0 Å². The number of carboxylic acids is 1. The van der Waals surface area contributed by atoms with Crippen molar-refractivity contribution in [3.63, 3.8) is 0 Å². The standard InChI is InChI=1S/C15H25NO3/c1-2-10-6-8-11(9-7-10)16-14(17)12-4-3-5-13(12)15(18)19/h10-13H,2-9H2,1H3,(H,16,17)(H,18,19)/t10?,11?,12-,13+/m1/s1. The molecule has 108 valence electrons. The minimum absolute atomic E-state index is 0.0233. The summed E-state index contributed by atoms with van der Waals surface area (Å²) in [6.45, 7) is 2.22. The molecule has 19 heavy (non-hydrogen) atoms. The molecule has 2 atom stereocenters. The van der Waals surface area contributed by atoms with Gasteiger partial charge in [-0.3, -0.25) is 9.59 Å². The third-order valence-corrected chi connectivity index (χ3v) is 4.94. The second-order valence-corrected chi connectivity index (χ2v) is 6.12. The molecule has 2 rings (SSSR count). The molecule has 0 bridgehead atoms. The number of rotatable bonds is 4. The largest absolute Gasteiger partial charge is 0.481 e. The summed E-state index contributed by atoms with van der Waals surface area (Å²) in [5, 5.41) is 12.2. The highest BCUT2D eigenvalue weighted by molar-refractivity contribution is 5.85. The van der Waals surface area contributed by atoms with Crippen LogP contribution in [0, 0.1) is 17.8 Å². The van der Waals surface area contributed by atoms with Gasteiger partial charge in [-0.2, -0.15) is 0 Å². The van der Waals surface area contributed by atoms with Crippen LogP contribution in [-0.4, -0.2) is 23.0 Å². The monoisotopic (exact) mass is 267 g/mol. The van der Waals surface area contributed by atoms with E-state index in [2.05, 4.69) is 12.2 Å². The summed E-state index contributed by atoms with van der Waals surface area (Å²) in [5.74, 6) is -0.794. The zero-order valence-corrected chi connectivity index (χ0v) is 11.7. The number of carbonyl (C=O) groups excluding carboxylic acids is 1. The predicted octanol–water partition coefficient (Wildman–Crippen LogP) is 2.57. The van der Waals surface area contributed by atoms with Crippen LogP contribution in [0.4, 0.5) is 0 Å². The summed E-state index contributed by atoms with van der Waals surface area (Å²) in [5.41, 5.74) is 0. The van der Waals surface area contributed by atoms with Gasteiger partial charge in [-0.15, -0.1) is 0 Å². The zero-order chi connectivity index (χ0) is 13.8. The van der Waals surface area contributed by atoms with Gasteiger partial charge in [-0.05, 0) is 44.4 Å². The van der Waals surface area contributed by atoms with Crippen molar-refractivity contribution in [3.8, 4) is 0 Å². The molecule has 0 spiro atoms. The second-order valence-electron chi connectivity index (χ2n) is 6.12. The summed E-state index contributed by atoms with van der Waals surface area (Å²) in [6, 6.07) is 0.269. The topological polar surface area (TPSA) is 66.4 Å². The molecule has 0 radical (unpaired) electrons. The van der Waals surface area contributed by atoms with E-state index in [9.17, 15) is 9.59 Å². The van der Waals surface area contributed by atoms with Crippen molar-refractivity contribution in [1.82, 2.24) is 5.32 Å². The lowest BCUT2D eigenvalue weighted by molar-refractivity contribution is -0.146. The van der Waals surface area contributed by atoms with Crippen molar-refractivity contribution in [3.05, 3.63) is 0 Å². The summed E-state index contributed by atoms with van der Waals surface area (Å²) < 4.78 is 0. The quantitative estimate of drug-likeness (QED) is 0.822. The highest BCUT2D eigenvalue weighted by atomic mass is 16.4. The van der Waals surface area contributed by atoms with Crippen LogP contribution in [-0.2, 0) is 9.59 Å². The minimum atomic E-state index is -0.813. The van der Waals surface area contributed by atoms with E-state index in [4.69, 9.17) is 5.11 Å². The molecule has 0 aromatic carbocycles. The van der Waals surface area contributed by atoms with Crippen molar-refractivity contribution in [2.45, 2.75) is 64.3 Å². The lowest BCUT2D eigenvalue weighted by Crippen LogP contribution is -2.42. The second kappa shape index (κ2) is 6.40. The molecule has 0 unspecified atom stereocenters. The lowest BCUT2D eigenvalue weighted by Gasteiger charge is -2.29. The molecule has 2 saturated carbocycles. The molecule has 0 aromatic heterocycles. The summed E-state index contributed by atoms with van der Waals surface area (Å²) in [7, 11) is 0. The van der Waals surface area contributed by atoms with Gasteiger partial charge in [-0.25, -0.2) is 0 Å². The minimum Gasteiger partial charge on any atom is -0.481 e. The van der Waals surface area contributed by atoms with Crippen molar-refractivity contribution < 1.29 is 14.7 Å². The molecule has 2 fully saturated rings. The van der Waals surface area contributed by atoms with Crippen LogP contribution < -0.4 is 5.32 Å². The molecular weight excluding hydrogens is 242 g/mol. The van der Waals surface area contributed by atoms with Crippen LogP contribution >= 0.6 is 0 Å². The third kappa shape index (κ3) is 3.48. The van der Waals surface area contributed by atoms with Crippen molar-refractivity contribution in [2.24, 2.45) is 17.8 Å². The smallest absolute Gasteiger partial charge is 0.307 e. The Morgan fingerprint density at radius 1 is 1.05 bits per heavy atom. The number of hydrogen-bond acceptors (Lipinski definition) is 2. The Hall–Kier alpha value is -1.06. The molecule has 4 heteroatoms. The van der Waals surface area contributed by atoms with Gasteiger partial charge in [0.05, 0.1) is 11.8 Å². The normalized spacial score (nSPS) is 35.0. The first-order valence-electron chi connectivity index (χ1n) is 7.65. The Balaban J connectivity index is 1.82. The zero-order valence-electron chi connectivity index (χ0n) is 11.7. The van der Waals surface area contributed by atoms with Crippen molar-refractivity contribution >= 4 is 11.9 Å². The van der Waals surface area contributed by atoms with E-state index < -0.39 is 11.9 Å². The van der Waals surface area contributed by atoms with Gasteiger partial charge < -0.3 is 10.4 Å². The van der Waals surface area contributed by atoms with Gasteiger partial charge in [-0.1, -0.05) is 19.8 Å². The number of aliphatic carboxylic acids is 1. The average Bonchev–Trinajstić information content (AvgIpc) is 2.89. The Morgan fingerprint density at radius 2 is 1.68 bits per heavy atom. The first-order chi connectivity index (χ1) is 9.11. The summed E-state index contributed by atoms with van der Waals surface area (Å²) >= 11 is 0. The number of nitrogens with one attached hydrogen (secondary N) is 1. The Morgan fingerprint density at radius 3 is 2.26 bits per heavy atom. The van der Waals surface area contributed by atoms with E-state index in [1.807, 2.05) is 0 Å². The van der Waals surface area contributed by atoms with E-state index in [1.165, 1.54) is 19.3 Å². The fraction of sp³-hybridized carbons (Fsp3) is 0.867. The van der Waals surface area contributed by atoms with Crippen LogP contribution in [0.1, 0.15) is 58.3 Å². The number of amides is 1. The molecule has 2 N–H and O–H groups in total. The van der Waals surface area contributed by atoms with E-state index in [0.29, 0.717) is 6.42 Å². The van der Waals surface area contributed by atoms with E-state index in [1.54, 1.807) is 0 Å². The summed E-state index contributed by atoms with van der Waals surface area (Å²) in [6.07, 6.45) is 7.94. The highest BCUT2D eigenvalue weighted by Gasteiger charge is 2.38. The van der Waals surface area contributed by atoms with Gasteiger partial charge >= 0.3 is 5.97 Å². The number of carbonyl (C=O) groups is 2. The fourth-order valence-electron chi connectivity index (χ4n) is 3.59. The highest BCUT2D eigenvalue weighted by Crippen LogP contribution is 2.33. The molecule has 0 heterocycles. The number of hydrogen-bond donors (Lipinski definition) is 2. The maximum Gasteiger partial charge on any atom is 0.307 e. The SMILES string of the molecule is CCC1CCC(NC(=O)[C@@H]2CCC[C@@H]2C(=O)O)CC1. The number of carboxylic acid groups (broad SMARTS) is 1. The lowest BCUT2D eigenvalue weighted by atomic mass is 9.84. The third-order valence-electron chi connectivity index (χ3n) is 4.94. The summed E-state index contributed by atoms with van der Waals surface area (Å²) in [4.78, 5) is 23.3. The van der Waals surface area contributed by atoms with E-state index >= 15 is 0 Å². The Labute approximate surface area is 115 Å². The Kier molecular flexibility index (Phi) is 4.83. The fourth-order valence-corrected chi connectivity index (χ4v) is 3.59. The van der Waals surface area contributed by atoms with Gasteiger partial charge in [0.1, 0.15) is 0 Å². The molecule has 0 aliphatic heterocycles. The van der Waals surface area contributed by atoms with Crippen LogP contribution in [0.15, 0.2) is 0 Å². The van der Waals surface area contributed by atoms with Crippen molar-refractivity contribution in [2.75, 3.05) is 0 Å². The van der Waals surface area contributed by atoms with Crippen LogP contribution in [0.2, 0.25) is 0 Å². The maximum absolute atomic E-state index is 12.2. The first-order valence-corrected chi connectivity index (χ1v) is 7.65. The molecule has 2 aliphatic rings. The molecule has 1 amide bonds. The van der Waals surface area contributed by atoms with E-state index in [0.717, 1.165) is 31.6 Å². The molecule has 0 saturated heterocycles.